The van der Waals surface area contributed by atoms with E-state index in [9.17, 15) is 13.3 Å². The minimum absolute atomic E-state index is 0.00276. The Morgan fingerprint density at radius 3 is 2.41 bits per heavy atom. The molecule has 0 unspecified atom stereocenters. The number of imidazole rings is 1. The molecule has 0 atom stereocenters. The molecule has 0 radical (unpaired) electrons. The highest BCUT2D eigenvalue weighted by atomic mass is 31.2. The van der Waals surface area contributed by atoms with Crippen LogP contribution in [-0.4, -0.2) is 44.2 Å². The third-order valence-corrected chi connectivity index (χ3v) is 5.51. The molecule has 9 nitrogen and oxygen atoms in total. The molecule has 0 fully saturated rings. The Hall–Kier alpha value is -1.94. The summed E-state index contributed by atoms with van der Waals surface area (Å²) in [6.45, 7) is 11.2. The fourth-order valence-corrected chi connectivity index (χ4v) is 4.29. The van der Waals surface area contributed by atoms with E-state index in [1.54, 1.807) is 34.6 Å². The maximum absolute atomic E-state index is 14.5. The van der Waals surface area contributed by atoms with E-state index in [-0.39, 0.29) is 12.5 Å². The van der Waals surface area contributed by atoms with E-state index in [0.717, 1.165) is 0 Å². The molecule has 0 saturated heterocycles. The zero-order valence-corrected chi connectivity index (χ0v) is 18.0. The summed E-state index contributed by atoms with van der Waals surface area (Å²) >= 11 is 0. The smallest absolute Gasteiger partial charge is 0.368 e. The summed E-state index contributed by atoms with van der Waals surface area (Å²) in [6.07, 6.45) is -4.37. The van der Waals surface area contributed by atoms with Gasteiger partial charge in [-0.15, -0.1) is 0 Å². The minimum Gasteiger partial charge on any atom is -0.368 e. The van der Waals surface area contributed by atoms with E-state index in [2.05, 4.69) is 26.3 Å². The first kappa shape index (κ1) is 23.3. The lowest BCUT2D eigenvalue weighted by Gasteiger charge is -2.25. The lowest BCUT2D eigenvalue weighted by atomic mass is 10.3. The topological polar surface area (TPSA) is 114 Å². The highest BCUT2D eigenvalue weighted by Gasteiger charge is 2.39. The maximum atomic E-state index is 14.5. The second-order valence-corrected chi connectivity index (χ2v) is 8.93. The Labute approximate surface area is 167 Å². The molecule has 12 heteroatoms. The van der Waals surface area contributed by atoms with Gasteiger partial charge >= 0.3 is 13.7 Å². The van der Waals surface area contributed by atoms with Crippen molar-refractivity contribution in [3.8, 4) is 0 Å². The number of rotatable bonds is 10. The van der Waals surface area contributed by atoms with Crippen molar-refractivity contribution in [1.29, 1.82) is 0 Å². The molecule has 0 saturated carbocycles. The second-order valence-electron chi connectivity index (χ2n) is 7.02. The Balaban J connectivity index is 2.14. The van der Waals surface area contributed by atoms with Gasteiger partial charge in [-0.3, -0.25) is 4.57 Å². The summed E-state index contributed by atoms with van der Waals surface area (Å²) in [5.41, 5.74) is 6.30. The molecule has 0 bridgehead atoms. The van der Waals surface area contributed by atoms with Gasteiger partial charge in [-0.05, 0) is 34.6 Å². The van der Waals surface area contributed by atoms with E-state index in [1.807, 2.05) is 0 Å². The number of fused-ring (bicyclic) bond motifs is 1. The van der Waals surface area contributed by atoms with Gasteiger partial charge in [-0.1, -0.05) is 6.58 Å². The first-order valence-electron chi connectivity index (χ1n) is 8.94. The molecule has 0 aliphatic carbocycles. The van der Waals surface area contributed by atoms with Crippen LogP contribution >= 0.6 is 7.60 Å². The van der Waals surface area contributed by atoms with E-state index in [1.165, 1.54) is 10.9 Å². The summed E-state index contributed by atoms with van der Waals surface area (Å²) in [4.78, 5) is 12.1. The van der Waals surface area contributed by atoms with Gasteiger partial charge in [0, 0.05) is 5.57 Å². The molecule has 2 aromatic rings. The standard InChI is InChI=1S/C17H26F2N5O4P/c1-10(2)27-29(25,28-11(3)4)9-26-17(18,19)12(5)7-24-8-21-14-13(6)22-16(20)23-15(14)24/h8,10-11H,5,7,9H2,1-4,6H3,(H2,20,22,23). The average Bonchev–Trinajstić information content (AvgIpc) is 2.94. The van der Waals surface area contributed by atoms with Crippen LogP contribution < -0.4 is 5.73 Å². The van der Waals surface area contributed by atoms with Crippen molar-refractivity contribution in [2.24, 2.45) is 0 Å². The molecule has 2 rings (SSSR count). The maximum Gasteiger partial charge on any atom is 0.381 e. The third kappa shape index (κ3) is 6.02. The van der Waals surface area contributed by atoms with Crippen molar-refractivity contribution < 1.29 is 27.1 Å². The van der Waals surface area contributed by atoms with Crippen molar-refractivity contribution in [3.63, 3.8) is 0 Å². The summed E-state index contributed by atoms with van der Waals surface area (Å²) in [5, 5.41) is 0. The quantitative estimate of drug-likeness (QED) is 0.443. The summed E-state index contributed by atoms with van der Waals surface area (Å²) in [5.74, 6) is 0.00276. The van der Waals surface area contributed by atoms with Crippen molar-refractivity contribution >= 4 is 24.7 Å². The van der Waals surface area contributed by atoms with Crippen LogP contribution in [0, 0.1) is 6.92 Å². The minimum atomic E-state index is -3.89. The lowest BCUT2D eigenvalue weighted by molar-refractivity contribution is -0.201. The Bertz CT molecular complexity index is 918. The summed E-state index contributed by atoms with van der Waals surface area (Å²) in [7, 11) is -3.89. The first-order chi connectivity index (χ1) is 13.3. The number of nitrogen functional groups attached to an aromatic ring is 1. The number of anilines is 1. The Kier molecular flexibility index (Phi) is 7.10. The second kappa shape index (κ2) is 8.83. The zero-order chi connectivity index (χ0) is 22.0. The molecular formula is C17H26F2N5O4P. The first-order valence-corrected chi connectivity index (χ1v) is 10.7. The molecule has 2 N–H and O–H groups in total. The van der Waals surface area contributed by atoms with Crippen molar-refractivity contribution in [2.45, 2.75) is 59.5 Å². The van der Waals surface area contributed by atoms with E-state index >= 15 is 0 Å². The van der Waals surface area contributed by atoms with Gasteiger partial charge in [-0.25, -0.2) is 9.97 Å². The van der Waals surface area contributed by atoms with Crippen LogP contribution in [0.5, 0.6) is 0 Å². The molecule has 29 heavy (non-hydrogen) atoms. The SMILES string of the molecule is C=C(Cn1cnc2c(C)nc(N)nc21)C(F)(F)OCP(=O)(OC(C)C)OC(C)C. The van der Waals surface area contributed by atoms with E-state index < -0.39 is 37.8 Å². The number of hydrogen-bond donors (Lipinski definition) is 1. The van der Waals surface area contributed by atoms with Gasteiger partial charge in [0.15, 0.2) is 12.0 Å². The van der Waals surface area contributed by atoms with Gasteiger partial charge in [0.05, 0.1) is 30.8 Å². The van der Waals surface area contributed by atoms with Crippen LogP contribution in [0.2, 0.25) is 0 Å². The number of ether oxygens (including phenoxy) is 1. The van der Waals surface area contributed by atoms with Crippen LogP contribution in [0.3, 0.4) is 0 Å². The third-order valence-electron chi connectivity index (χ3n) is 3.58. The number of hydrogen-bond acceptors (Lipinski definition) is 8. The van der Waals surface area contributed by atoms with Crippen molar-refractivity contribution in [1.82, 2.24) is 19.5 Å². The van der Waals surface area contributed by atoms with E-state index in [0.29, 0.717) is 16.9 Å². The van der Waals surface area contributed by atoms with Crippen LogP contribution in [0.25, 0.3) is 11.2 Å². The highest BCUT2D eigenvalue weighted by Crippen LogP contribution is 2.51. The monoisotopic (exact) mass is 433 g/mol. The summed E-state index contributed by atoms with van der Waals surface area (Å²) in [6, 6.07) is 0. The Morgan fingerprint density at radius 1 is 1.28 bits per heavy atom. The number of halogens is 2. The predicted molar refractivity (Wildman–Crippen MR) is 105 cm³/mol. The largest absolute Gasteiger partial charge is 0.381 e. The normalized spacial score (nSPS) is 13.0. The van der Waals surface area contributed by atoms with E-state index in [4.69, 9.17) is 14.8 Å². The van der Waals surface area contributed by atoms with Crippen LogP contribution in [-0.2, 0) is 24.9 Å². The number of aryl methyl sites for hydroxylation is 1. The number of nitrogens with zero attached hydrogens (tertiary/aromatic N) is 4. The average molecular weight is 433 g/mol. The fourth-order valence-electron chi connectivity index (χ4n) is 2.51. The number of aromatic nitrogens is 4. The van der Waals surface area contributed by atoms with Gasteiger partial charge in [0.2, 0.25) is 5.95 Å². The fraction of sp³-hybridized carbons (Fsp3) is 0.588. The molecule has 0 aromatic carbocycles. The zero-order valence-electron chi connectivity index (χ0n) is 17.1. The van der Waals surface area contributed by atoms with Gasteiger partial charge in [0.25, 0.3) is 0 Å². The van der Waals surface area contributed by atoms with Gasteiger partial charge in [0.1, 0.15) is 5.52 Å². The molecule has 162 valence electrons. The molecule has 2 aromatic heterocycles. The van der Waals surface area contributed by atoms with Crippen molar-refractivity contribution in [3.05, 3.63) is 24.2 Å². The molecule has 0 amide bonds. The predicted octanol–water partition coefficient (Wildman–Crippen LogP) is 3.88. The molecule has 0 aliphatic rings. The molecular weight excluding hydrogens is 407 g/mol. The number of nitrogens with two attached hydrogens (primary N) is 1. The molecule has 0 spiro atoms. The van der Waals surface area contributed by atoms with Crippen LogP contribution in [0.15, 0.2) is 18.5 Å². The molecule has 0 aliphatic heterocycles. The van der Waals surface area contributed by atoms with Gasteiger partial charge in [-0.2, -0.15) is 13.8 Å². The van der Waals surface area contributed by atoms with Crippen molar-refractivity contribution in [2.75, 3.05) is 12.1 Å². The lowest BCUT2D eigenvalue weighted by Crippen LogP contribution is -2.27. The molecule has 2 heterocycles. The highest BCUT2D eigenvalue weighted by molar-refractivity contribution is 7.53. The van der Waals surface area contributed by atoms with Crippen LogP contribution in [0.4, 0.5) is 14.7 Å². The number of alkyl halides is 2. The Morgan fingerprint density at radius 2 is 1.86 bits per heavy atom. The summed E-state index contributed by atoms with van der Waals surface area (Å²) < 4.78 is 58.2. The van der Waals surface area contributed by atoms with Gasteiger partial charge < -0.3 is 24.1 Å². The van der Waals surface area contributed by atoms with Crippen LogP contribution in [0.1, 0.15) is 33.4 Å².